The predicted molar refractivity (Wildman–Crippen MR) is 285 cm³/mol. The van der Waals surface area contributed by atoms with E-state index in [1.54, 1.807) is 42.7 Å². The molecule has 3 saturated heterocycles. The number of para-hydroxylation sites is 1. The van der Waals surface area contributed by atoms with Crippen molar-refractivity contribution in [1.82, 2.24) is 45.2 Å². The van der Waals surface area contributed by atoms with Gasteiger partial charge in [0, 0.05) is 95.7 Å². The van der Waals surface area contributed by atoms with E-state index in [1.165, 1.54) is 23.1 Å². The lowest BCUT2D eigenvalue weighted by molar-refractivity contribution is -0.141. The maximum absolute atomic E-state index is 15.6. The van der Waals surface area contributed by atoms with E-state index in [4.69, 9.17) is 19.7 Å². The number of nitrogens with two attached hydrogens (primary N) is 1. The summed E-state index contributed by atoms with van der Waals surface area (Å²) in [5, 5.41) is 40.8. The fourth-order valence-electron chi connectivity index (χ4n) is 11.1. The third-order valence-electron chi connectivity index (χ3n) is 15.5. The van der Waals surface area contributed by atoms with Crippen LogP contribution in [0.2, 0.25) is 0 Å². The topological polar surface area (TPSA) is 223 Å². The summed E-state index contributed by atoms with van der Waals surface area (Å²) in [7, 11) is 1.89. The van der Waals surface area contributed by atoms with Gasteiger partial charge in [-0.05, 0) is 97.5 Å². The Morgan fingerprint density at radius 3 is 2.39 bits per heavy atom. The Labute approximate surface area is 442 Å². The number of rotatable bonds is 17. The molecule has 0 bridgehead atoms. The number of aryl methyl sites for hydroxylation is 1. The molecule has 0 spiro atoms. The standard InChI is InChI=1S/C57H68FN11O7/c1-34(2)54(57(73)69-33-40(70)27-49(69)56(72)62-35(3)38-9-11-39(12-10-38)48-14-20-61-66(48)4)51-31-52(65-76-51)68-23-15-36(16-24-68)32-67-21-17-41(18-22-67)74-42-28-43(29-42)75-53-26-37(13-19-60-53)25-46(58)45-30-47(63-64-55(45)59)44-7-5-6-8-50(44)71/h5-14,19-20,25-26,30-31,34-36,40-43,49,54,70-71H,15-18,21-24,27-29,32-33H2,1-4H3,(H2,59,64)(H,62,72)/b46-25-/t35-,40+,42?,43?,49-,54+/m0/s1. The van der Waals surface area contributed by atoms with Gasteiger partial charge in [0.1, 0.15) is 29.6 Å². The van der Waals surface area contributed by atoms with Gasteiger partial charge in [-0.3, -0.25) is 14.3 Å². The summed E-state index contributed by atoms with van der Waals surface area (Å²) in [6, 6.07) is 22.2. The molecule has 4 fully saturated rings. The number of phenolic OH excluding ortho intramolecular Hbond substituents is 1. The quantitative estimate of drug-likeness (QED) is 0.0692. The molecule has 10 rings (SSSR count). The maximum atomic E-state index is 15.6. The fraction of sp³-hybridized carbons (Fsp3) is 0.456. The molecule has 1 aliphatic carbocycles. The fourth-order valence-corrected chi connectivity index (χ4v) is 11.1. The Hall–Kier alpha value is -7.22. The predicted octanol–water partition coefficient (Wildman–Crippen LogP) is 7.57. The monoisotopic (exact) mass is 1040 g/mol. The van der Waals surface area contributed by atoms with Gasteiger partial charge in [0.2, 0.25) is 17.7 Å². The van der Waals surface area contributed by atoms with E-state index in [2.05, 4.69) is 40.6 Å². The van der Waals surface area contributed by atoms with Crippen molar-refractivity contribution < 1.29 is 38.2 Å². The van der Waals surface area contributed by atoms with Crippen LogP contribution in [0.4, 0.5) is 16.0 Å². The molecule has 2 aromatic carbocycles. The molecule has 5 N–H and O–H groups in total. The van der Waals surface area contributed by atoms with Gasteiger partial charge >= 0.3 is 0 Å². The van der Waals surface area contributed by atoms with Gasteiger partial charge in [0.25, 0.3) is 0 Å². The number of nitrogens with one attached hydrogen (secondary N) is 1. The second-order valence-corrected chi connectivity index (χ2v) is 21.3. The van der Waals surface area contributed by atoms with Gasteiger partial charge in [0.15, 0.2) is 17.4 Å². The lowest BCUT2D eigenvalue weighted by atomic mass is 9.91. The first-order chi connectivity index (χ1) is 36.7. The van der Waals surface area contributed by atoms with Crippen LogP contribution in [0.1, 0.15) is 100 Å². The number of aliphatic hydroxyl groups is 1. The van der Waals surface area contributed by atoms with Crippen molar-refractivity contribution in [2.45, 2.75) is 108 Å². The first kappa shape index (κ1) is 52.2. The number of anilines is 2. The number of hydrogen-bond acceptors (Lipinski definition) is 15. The molecule has 76 heavy (non-hydrogen) atoms. The van der Waals surface area contributed by atoms with E-state index >= 15 is 4.39 Å². The van der Waals surface area contributed by atoms with E-state index in [9.17, 15) is 19.8 Å². The highest BCUT2D eigenvalue weighted by Gasteiger charge is 2.44. The van der Waals surface area contributed by atoms with Gasteiger partial charge in [-0.15, -0.1) is 10.2 Å². The zero-order valence-electron chi connectivity index (χ0n) is 43.5. The van der Waals surface area contributed by atoms with Crippen molar-refractivity contribution in [2.75, 3.05) is 49.9 Å². The number of benzene rings is 2. The number of halogens is 1. The van der Waals surface area contributed by atoms with Gasteiger partial charge < -0.3 is 50.0 Å². The largest absolute Gasteiger partial charge is 0.507 e. The highest BCUT2D eigenvalue weighted by Crippen LogP contribution is 2.36. The number of β-amino-alcohol motifs (C(OH)–C–C–N with tert-alkyl or cyclic N) is 1. The molecule has 18 nitrogen and oxygen atoms in total. The smallest absolute Gasteiger partial charge is 0.243 e. The van der Waals surface area contributed by atoms with Crippen molar-refractivity contribution >= 4 is 35.4 Å². The number of carbonyl (C=O) groups is 2. The minimum Gasteiger partial charge on any atom is -0.507 e. The molecule has 6 aromatic rings. The molecule has 3 aliphatic heterocycles. The van der Waals surface area contributed by atoms with Crippen LogP contribution in [0, 0.1) is 11.8 Å². The summed E-state index contributed by atoms with van der Waals surface area (Å²) in [6.45, 7) is 10.6. The lowest BCUT2D eigenvalue weighted by Crippen LogP contribution is -2.48. The van der Waals surface area contributed by atoms with Crippen molar-refractivity contribution in [2.24, 2.45) is 18.9 Å². The second kappa shape index (κ2) is 22.9. The van der Waals surface area contributed by atoms with Crippen LogP contribution in [0.3, 0.4) is 0 Å². The van der Waals surface area contributed by atoms with Gasteiger partial charge in [-0.25, -0.2) is 9.37 Å². The summed E-state index contributed by atoms with van der Waals surface area (Å²) >= 11 is 0. The van der Waals surface area contributed by atoms with Crippen LogP contribution in [-0.2, 0) is 21.4 Å². The van der Waals surface area contributed by atoms with E-state index in [1.807, 2.05) is 68.9 Å². The normalized spacial score (nSPS) is 21.6. The van der Waals surface area contributed by atoms with Crippen molar-refractivity contribution in [1.29, 1.82) is 0 Å². The van der Waals surface area contributed by atoms with Crippen molar-refractivity contribution in [3.63, 3.8) is 0 Å². The number of nitrogens with zero attached hydrogens (tertiary/aromatic N) is 9. The molecule has 400 valence electrons. The Kier molecular flexibility index (Phi) is 15.8. The zero-order valence-corrected chi connectivity index (χ0v) is 43.5. The van der Waals surface area contributed by atoms with E-state index in [0.717, 1.165) is 88.1 Å². The van der Waals surface area contributed by atoms with E-state index in [0.29, 0.717) is 40.2 Å². The van der Waals surface area contributed by atoms with Crippen LogP contribution < -0.4 is 20.7 Å². The van der Waals surface area contributed by atoms with Crippen molar-refractivity contribution in [3.8, 4) is 34.1 Å². The molecule has 2 amide bonds. The Balaban J connectivity index is 0.646. The average Bonchev–Trinajstić information content (AvgIpc) is 4.18. The molecule has 7 heterocycles. The number of pyridine rings is 1. The summed E-state index contributed by atoms with van der Waals surface area (Å²) in [5.74, 6) is 0.108. The molecule has 0 radical (unpaired) electrons. The van der Waals surface area contributed by atoms with Crippen molar-refractivity contribution in [3.05, 3.63) is 114 Å². The summed E-state index contributed by atoms with van der Waals surface area (Å²) in [4.78, 5) is 38.8. The number of piperidine rings is 2. The Bertz CT molecular complexity index is 3000. The number of aromatic hydroxyl groups is 1. The zero-order chi connectivity index (χ0) is 53.0. The molecule has 4 aromatic heterocycles. The second-order valence-electron chi connectivity index (χ2n) is 21.3. The maximum Gasteiger partial charge on any atom is 0.243 e. The summed E-state index contributed by atoms with van der Waals surface area (Å²) in [6.07, 6.45) is 9.83. The van der Waals surface area contributed by atoms with Gasteiger partial charge in [-0.2, -0.15) is 5.10 Å². The van der Waals surface area contributed by atoms with Crippen LogP contribution >= 0.6 is 0 Å². The number of hydrogen-bond donors (Lipinski definition) is 4. The SMILES string of the molecule is CC(C)[C@@H](C(=O)N1C[C@H](O)C[C@H]1C(=O)N[C@@H](C)c1ccc(-c2ccnn2C)cc1)c1cc(N2CCC(CN3CCC(OC4CC(Oc5cc(/C=C(\F)c6cc(-c7ccccc7O)nnc6N)ccn5)C4)CC3)CC2)no1. The number of aliphatic hydroxyl groups excluding tert-OH is 1. The molecule has 1 saturated carbocycles. The highest BCUT2D eigenvalue weighted by atomic mass is 19.1. The minimum atomic E-state index is -0.816. The molecular weight excluding hydrogens is 970 g/mol. The van der Waals surface area contributed by atoms with E-state index < -0.39 is 23.9 Å². The number of phenols is 1. The van der Waals surface area contributed by atoms with E-state index in [-0.39, 0.29) is 72.2 Å². The summed E-state index contributed by atoms with van der Waals surface area (Å²) in [5.41, 5.74) is 10.3. The number of carbonyl (C=O) groups excluding carboxylic acids is 2. The van der Waals surface area contributed by atoms with Crippen LogP contribution in [0.25, 0.3) is 34.4 Å². The third kappa shape index (κ3) is 11.9. The molecule has 4 aliphatic rings. The van der Waals surface area contributed by atoms with Crippen LogP contribution in [-0.4, -0.2) is 132 Å². The number of ether oxygens (including phenoxy) is 2. The summed E-state index contributed by atoms with van der Waals surface area (Å²) < 4.78 is 36.0. The third-order valence-corrected chi connectivity index (χ3v) is 15.5. The Morgan fingerprint density at radius 2 is 1.67 bits per heavy atom. The Morgan fingerprint density at radius 1 is 0.908 bits per heavy atom. The molecule has 4 atom stereocenters. The van der Waals surface area contributed by atoms with Crippen LogP contribution in [0.15, 0.2) is 95.8 Å². The molecule has 0 unspecified atom stereocenters. The van der Waals surface area contributed by atoms with Gasteiger partial charge in [0.05, 0.1) is 41.3 Å². The average molecular weight is 1040 g/mol. The number of amides is 2. The first-order valence-electron chi connectivity index (χ1n) is 26.6. The molecule has 19 heteroatoms. The minimum absolute atomic E-state index is 0.00608. The number of nitrogen functional groups attached to an aromatic ring is 1. The molecular formula is C57H68FN11O7. The first-order valence-corrected chi connectivity index (χ1v) is 26.6. The lowest BCUT2D eigenvalue weighted by Gasteiger charge is -2.41. The van der Waals surface area contributed by atoms with Crippen LogP contribution in [0.5, 0.6) is 11.6 Å². The number of likely N-dealkylation sites (tertiary alicyclic amines) is 2. The van der Waals surface area contributed by atoms with Gasteiger partial charge in [-0.1, -0.05) is 55.4 Å². The highest BCUT2D eigenvalue weighted by molar-refractivity contribution is 5.91. The number of aromatic nitrogens is 6.